The number of aliphatic hydroxyl groups excluding tert-OH is 8. The molecule has 59 heavy (non-hydrogen) atoms. The van der Waals surface area contributed by atoms with Gasteiger partial charge in [-0.3, -0.25) is 28.8 Å². The Morgan fingerprint density at radius 2 is 0.932 bits per heavy atom. The number of benzene rings is 2. The SMILES string of the molecule is Cc1c(NC(=O)CO)c(I)c(C(=O)N(CCO)CC(O)CO)c(I)c1C(=O)NCCCNC(=O)c1c(I)c(NC(=O)CO)c(I)c(C(=O)N(CCO)CC(O)CO)c1I. The minimum absolute atomic E-state index is 0.00214. The summed E-state index contributed by atoms with van der Waals surface area (Å²) < 4.78 is 0.981. The highest BCUT2D eigenvalue weighted by Crippen LogP contribution is 2.37. The van der Waals surface area contributed by atoms with Gasteiger partial charge in [-0.15, -0.1) is 0 Å². The Morgan fingerprint density at radius 3 is 1.34 bits per heavy atom. The van der Waals surface area contributed by atoms with Crippen LogP contribution >= 0.6 is 113 Å². The average Bonchev–Trinajstić information content (AvgIpc) is 3.19. The summed E-state index contributed by atoms with van der Waals surface area (Å²) in [5.74, 6) is -4.43. The summed E-state index contributed by atoms with van der Waals surface area (Å²) >= 11 is 9.03. The van der Waals surface area contributed by atoms with Gasteiger partial charge in [0.1, 0.15) is 13.2 Å². The number of carbonyl (C=O) groups excluding carboxylic acids is 6. The van der Waals surface area contributed by atoms with Crippen LogP contribution in [-0.2, 0) is 9.59 Å². The van der Waals surface area contributed by atoms with Gasteiger partial charge in [-0.25, -0.2) is 0 Å². The zero-order valence-electron chi connectivity index (χ0n) is 31.2. The number of halogens is 5. The molecule has 0 heterocycles. The van der Waals surface area contributed by atoms with E-state index in [9.17, 15) is 69.6 Å². The number of rotatable bonds is 22. The van der Waals surface area contributed by atoms with Gasteiger partial charge in [0.25, 0.3) is 23.6 Å². The second kappa shape index (κ2) is 26.3. The van der Waals surface area contributed by atoms with Gasteiger partial charge in [0, 0.05) is 46.4 Å². The van der Waals surface area contributed by atoms with Gasteiger partial charge in [0.2, 0.25) is 11.8 Å². The number of hydrogen-bond acceptors (Lipinski definition) is 14. The molecule has 328 valence electrons. The van der Waals surface area contributed by atoms with Crippen LogP contribution in [0.4, 0.5) is 11.4 Å². The predicted molar refractivity (Wildman–Crippen MR) is 254 cm³/mol. The fourth-order valence-corrected chi connectivity index (χ4v) is 12.4. The van der Waals surface area contributed by atoms with Crippen LogP contribution < -0.4 is 21.3 Å². The smallest absolute Gasteiger partial charge is 0.256 e. The summed E-state index contributed by atoms with van der Waals surface area (Å²) in [6, 6.07) is 0. The zero-order chi connectivity index (χ0) is 44.7. The molecule has 0 saturated carbocycles. The van der Waals surface area contributed by atoms with Crippen molar-refractivity contribution in [2.24, 2.45) is 0 Å². The Labute approximate surface area is 406 Å². The van der Waals surface area contributed by atoms with Crippen LogP contribution in [-0.4, -0.2) is 177 Å². The lowest BCUT2D eigenvalue weighted by Gasteiger charge is -2.27. The molecule has 20 nitrogen and oxygen atoms in total. The normalized spacial score (nSPS) is 12.0. The molecule has 0 aliphatic rings. The first kappa shape index (κ1) is 53.7. The van der Waals surface area contributed by atoms with Gasteiger partial charge < -0.3 is 71.9 Å². The van der Waals surface area contributed by atoms with E-state index < -0.39 is 87.3 Å². The molecule has 2 unspecified atom stereocenters. The monoisotopic (exact) mass is 1390 g/mol. The molecule has 0 radical (unpaired) electrons. The van der Waals surface area contributed by atoms with Gasteiger partial charge in [-0.1, -0.05) is 0 Å². The van der Waals surface area contributed by atoms with Crippen molar-refractivity contribution in [1.82, 2.24) is 20.4 Å². The van der Waals surface area contributed by atoms with Gasteiger partial charge in [-0.05, 0) is 132 Å². The third kappa shape index (κ3) is 14.3. The van der Waals surface area contributed by atoms with Gasteiger partial charge >= 0.3 is 0 Å². The maximum Gasteiger partial charge on any atom is 0.256 e. The van der Waals surface area contributed by atoms with Crippen molar-refractivity contribution in [1.29, 1.82) is 0 Å². The fraction of sp³-hybridized carbons (Fsp3) is 0.471. The molecule has 0 bridgehead atoms. The molecule has 0 saturated heterocycles. The van der Waals surface area contributed by atoms with Crippen molar-refractivity contribution in [2.75, 3.05) is 89.5 Å². The van der Waals surface area contributed by atoms with Crippen molar-refractivity contribution in [3.8, 4) is 0 Å². The summed E-state index contributed by atoms with van der Waals surface area (Å²) in [6.45, 7) is -3.78. The minimum atomic E-state index is -1.34. The molecule has 2 aromatic rings. The average molecular weight is 1390 g/mol. The quantitative estimate of drug-likeness (QED) is 0.0498. The summed E-state index contributed by atoms with van der Waals surface area (Å²) in [4.78, 5) is 81.9. The number of hydrogen-bond donors (Lipinski definition) is 12. The van der Waals surface area contributed by atoms with Crippen LogP contribution in [0.2, 0.25) is 0 Å². The predicted octanol–water partition coefficient (Wildman–Crippen LogP) is -0.995. The number of anilines is 2. The molecule has 25 heteroatoms. The highest BCUT2D eigenvalue weighted by Gasteiger charge is 2.33. The number of aliphatic hydroxyl groups is 8. The first-order valence-corrected chi connectivity index (χ1v) is 22.7. The molecule has 0 aliphatic heterocycles. The van der Waals surface area contributed by atoms with Crippen molar-refractivity contribution < 1.29 is 69.6 Å². The standard InChI is InChI=1S/C34H43I5N6O14/c1-15-20(24(35)22(27(38)29(15)42-18(54)13-50)33(58)44(5-7-46)9-16(52)11-48)31(56)40-3-2-4-41-32(57)21-25(36)23(28(39)30(26(21)37)43-19(55)14-51)34(59)45(6-8-47)10-17(53)12-49/h16-17,46-53H,2-14H2,1H3,(H,40,56)(H,41,57)(H,42,54)(H,43,55). The third-order valence-corrected chi connectivity index (χ3v) is 13.6. The van der Waals surface area contributed by atoms with E-state index in [1.165, 1.54) is 6.92 Å². The number of amides is 6. The van der Waals surface area contributed by atoms with Gasteiger partial charge in [-0.2, -0.15) is 0 Å². The molecular formula is C34H43I5N6O14. The summed E-state index contributed by atoms with van der Waals surface area (Å²) in [5.41, 5.74) is 0.270. The van der Waals surface area contributed by atoms with E-state index in [1.807, 2.05) is 45.2 Å². The van der Waals surface area contributed by atoms with E-state index in [4.69, 9.17) is 0 Å². The van der Waals surface area contributed by atoms with Crippen molar-refractivity contribution in [2.45, 2.75) is 25.6 Å². The van der Waals surface area contributed by atoms with E-state index in [-0.39, 0.29) is 103 Å². The topological polar surface area (TPSA) is 319 Å². The van der Waals surface area contributed by atoms with E-state index in [0.717, 1.165) is 9.80 Å². The molecule has 0 aromatic heterocycles. The third-order valence-electron chi connectivity index (χ3n) is 8.17. The lowest BCUT2D eigenvalue weighted by Crippen LogP contribution is -2.41. The Kier molecular flexibility index (Phi) is 23.9. The van der Waals surface area contributed by atoms with Crippen LogP contribution in [0.1, 0.15) is 53.4 Å². The highest BCUT2D eigenvalue weighted by molar-refractivity contribution is 14.1. The number of nitrogens with zero attached hydrogens (tertiary/aromatic N) is 2. The molecule has 2 aromatic carbocycles. The molecule has 0 aliphatic carbocycles. The number of nitrogens with one attached hydrogen (secondary N) is 4. The molecular weight excluding hydrogens is 1350 g/mol. The first-order valence-electron chi connectivity index (χ1n) is 17.3. The molecule has 0 spiro atoms. The molecule has 12 N–H and O–H groups in total. The van der Waals surface area contributed by atoms with Gasteiger partial charge in [0.15, 0.2) is 0 Å². The highest BCUT2D eigenvalue weighted by atomic mass is 127. The largest absolute Gasteiger partial charge is 0.395 e. The fourth-order valence-electron chi connectivity index (χ4n) is 5.33. The lowest BCUT2D eigenvalue weighted by atomic mass is 10.0. The van der Waals surface area contributed by atoms with E-state index in [0.29, 0.717) is 0 Å². The van der Waals surface area contributed by atoms with Crippen molar-refractivity contribution in [3.05, 3.63) is 45.7 Å². The first-order chi connectivity index (χ1) is 27.9. The molecule has 0 fully saturated rings. The van der Waals surface area contributed by atoms with E-state index >= 15 is 0 Å². The van der Waals surface area contributed by atoms with Crippen LogP contribution in [0.5, 0.6) is 0 Å². The molecule has 2 rings (SSSR count). The summed E-state index contributed by atoms with van der Waals surface area (Å²) in [5, 5.41) is 87.3. The van der Waals surface area contributed by atoms with Crippen molar-refractivity contribution >= 4 is 160 Å². The number of carbonyl (C=O) groups is 6. The minimum Gasteiger partial charge on any atom is -0.395 e. The summed E-state index contributed by atoms with van der Waals surface area (Å²) in [6.07, 6.45) is -2.52. The maximum absolute atomic E-state index is 13.8. The zero-order valence-corrected chi connectivity index (χ0v) is 41.9. The second-order valence-corrected chi connectivity index (χ2v) is 17.7. The Morgan fingerprint density at radius 1 is 0.559 bits per heavy atom. The van der Waals surface area contributed by atoms with Crippen molar-refractivity contribution in [3.63, 3.8) is 0 Å². The Balaban J connectivity index is 2.45. The lowest BCUT2D eigenvalue weighted by molar-refractivity contribution is -0.119. The van der Waals surface area contributed by atoms with Crippen LogP contribution in [0.3, 0.4) is 0 Å². The van der Waals surface area contributed by atoms with Gasteiger partial charge in [0.05, 0.1) is 83.0 Å². The second-order valence-electron chi connectivity index (χ2n) is 12.3. The Hall–Kier alpha value is -1.41. The van der Waals surface area contributed by atoms with Crippen LogP contribution in [0.15, 0.2) is 0 Å². The molecule has 6 amide bonds. The summed E-state index contributed by atoms with van der Waals surface area (Å²) in [7, 11) is 0. The Bertz CT molecular complexity index is 1760. The van der Waals surface area contributed by atoms with Crippen LogP contribution in [0.25, 0.3) is 0 Å². The van der Waals surface area contributed by atoms with E-state index in [1.54, 1.807) is 67.8 Å². The molecule has 2 atom stereocenters. The van der Waals surface area contributed by atoms with E-state index in [2.05, 4.69) is 21.3 Å². The maximum atomic E-state index is 13.8. The van der Waals surface area contributed by atoms with Crippen LogP contribution in [0, 0.1) is 24.8 Å².